The molecule has 0 spiro atoms. The Balaban J connectivity index is 1.62. The Morgan fingerprint density at radius 3 is 2.58 bits per heavy atom. The van der Waals surface area contributed by atoms with E-state index in [-0.39, 0.29) is 29.7 Å². The van der Waals surface area contributed by atoms with Crippen LogP contribution in [0.15, 0.2) is 29.2 Å². The van der Waals surface area contributed by atoms with Crippen molar-refractivity contribution in [1.82, 2.24) is 14.1 Å². The van der Waals surface area contributed by atoms with Crippen LogP contribution in [0.5, 0.6) is 0 Å². The average Bonchev–Trinajstić information content (AvgIpc) is 3.28. The number of carbonyl (C=O) groups is 1. The number of unbranched alkanes of at least 4 members (excludes halogenated alkanes) is 1. The van der Waals surface area contributed by atoms with E-state index >= 15 is 0 Å². The van der Waals surface area contributed by atoms with Crippen molar-refractivity contribution in [3.63, 3.8) is 0 Å². The predicted molar refractivity (Wildman–Crippen MR) is 131 cm³/mol. The highest BCUT2D eigenvalue weighted by Crippen LogP contribution is 2.30. The smallest absolute Gasteiger partial charge is 0.409 e. The summed E-state index contributed by atoms with van der Waals surface area (Å²) >= 11 is 5.94. The molecule has 2 aliphatic rings. The molecule has 1 aromatic carbocycles. The number of ether oxygens (including phenoxy) is 1. The van der Waals surface area contributed by atoms with Gasteiger partial charge in [-0.25, -0.2) is 13.2 Å². The minimum absolute atomic E-state index is 0.0739. The lowest BCUT2D eigenvalue weighted by atomic mass is 10.0. The summed E-state index contributed by atoms with van der Waals surface area (Å²) in [4.78, 5) is 17.2. The van der Waals surface area contributed by atoms with Crippen LogP contribution in [0.3, 0.4) is 0 Å². The summed E-state index contributed by atoms with van der Waals surface area (Å²) in [5, 5.41) is 0.492. The van der Waals surface area contributed by atoms with Gasteiger partial charge in [-0.2, -0.15) is 4.31 Å². The van der Waals surface area contributed by atoms with E-state index in [2.05, 4.69) is 18.7 Å². The van der Waals surface area contributed by atoms with Gasteiger partial charge < -0.3 is 9.64 Å². The molecule has 0 aromatic heterocycles. The van der Waals surface area contributed by atoms with Crippen LogP contribution in [0.4, 0.5) is 4.79 Å². The van der Waals surface area contributed by atoms with E-state index in [9.17, 15) is 13.2 Å². The second kappa shape index (κ2) is 11.9. The number of benzene rings is 1. The van der Waals surface area contributed by atoms with Crippen LogP contribution in [0, 0.1) is 0 Å². The van der Waals surface area contributed by atoms with Crippen LogP contribution in [0.2, 0.25) is 5.02 Å². The lowest BCUT2D eigenvalue weighted by Gasteiger charge is -2.39. The minimum atomic E-state index is -3.71. The Labute approximate surface area is 204 Å². The van der Waals surface area contributed by atoms with Gasteiger partial charge in [0, 0.05) is 30.2 Å². The molecule has 2 heterocycles. The molecule has 3 rings (SSSR count). The van der Waals surface area contributed by atoms with E-state index in [0.29, 0.717) is 30.6 Å². The Morgan fingerprint density at radius 2 is 1.91 bits per heavy atom. The topological polar surface area (TPSA) is 70.2 Å². The number of hydrogen-bond donors (Lipinski definition) is 0. The molecule has 9 heteroatoms. The summed E-state index contributed by atoms with van der Waals surface area (Å²) in [6.07, 6.45) is 5.29. The molecule has 1 aromatic rings. The summed E-state index contributed by atoms with van der Waals surface area (Å²) in [5.74, 6) is 0. The highest BCUT2D eigenvalue weighted by atomic mass is 35.5. The summed E-state index contributed by atoms with van der Waals surface area (Å²) in [7, 11) is -3.71. The molecule has 186 valence electrons. The van der Waals surface area contributed by atoms with Crippen LogP contribution >= 0.6 is 11.6 Å². The second-order valence-electron chi connectivity index (χ2n) is 9.17. The fraction of sp³-hybridized carbons (Fsp3) is 0.708. The van der Waals surface area contributed by atoms with Crippen LogP contribution in [0.1, 0.15) is 59.3 Å². The third kappa shape index (κ3) is 6.41. The van der Waals surface area contributed by atoms with E-state index in [1.165, 1.54) is 16.4 Å². The van der Waals surface area contributed by atoms with Gasteiger partial charge >= 0.3 is 6.09 Å². The van der Waals surface area contributed by atoms with E-state index in [1.807, 2.05) is 6.92 Å². The number of likely N-dealkylation sites (N-methyl/N-ethyl adjacent to an activating group) is 1. The molecule has 3 atom stereocenters. The van der Waals surface area contributed by atoms with Gasteiger partial charge in [-0.15, -0.1) is 0 Å². The van der Waals surface area contributed by atoms with Crippen LogP contribution in [-0.4, -0.2) is 79.5 Å². The Hall–Kier alpha value is -1.35. The van der Waals surface area contributed by atoms with E-state index in [1.54, 1.807) is 17.0 Å². The summed E-state index contributed by atoms with van der Waals surface area (Å²) < 4.78 is 34.0. The zero-order valence-electron chi connectivity index (χ0n) is 20.1. The number of halogens is 1. The minimum Gasteiger partial charge on any atom is -0.448 e. The molecule has 0 saturated carbocycles. The van der Waals surface area contributed by atoms with E-state index < -0.39 is 10.0 Å². The fourth-order valence-electron chi connectivity index (χ4n) is 5.01. The summed E-state index contributed by atoms with van der Waals surface area (Å²) in [6, 6.07) is 6.08. The second-order valence-corrected chi connectivity index (χ2v) is 11.4. The Kier molecular flexibility index (Phi) is 9.44. The molecule has 7 nitrogen and oxygen atoms in total. The van der Waals surface area contributed by atoms with Gasteiger partial charge in [0.05, 0.1) is 10.9 Å². The van der Waals surface area contributed by atoms with Crippen LogP contribution in [-0.2, 0) is 14.8 Å². The van der Waals surface area contributed by atoms with Crippen molar-refractivity contribution in [2.75, 3.05) is 32.8 Å². The zero-order valence-corrected chi connectivity index (χ0v) is 21.7. The fourth-order valence-corrected chi connectivity index (χ4v) is 6.99. The van der Waals surface area contributed by atoms with E-state index in [0.717, 1.165) is 45.2 Å². The lowest BCUT2D eigenvalue weighted by molar-refractivity contribution is 0.0673. The number of hydrogen-bond acceptors (Lipinski definition) is 5. The molecule has 1 unspecified atom stereocenters. The highest BCUT2D eigenvalue weighted by molar-refractivity contribution is 7.89. The van der Waals surface area contributed by atoms with Gasteiger partial charge in [0.2, 0.25) is 10.0 Å². The van der Waals surface area contributed by atoms with Crippen LogP contribution < -0.4 is 0 Å². The van der Waals surface area contributed by atoms with Crippen molar-refractivity contribution in [3.05, 3.63) is 29.3 Å². The maximum atomic E-state index is 13.4. The molecule has 2 saturated heterocycles. The molecular weight excluding hydrogens is 462 g/mol. The lowest BCUT2D eigenvalue weighted by Crippen LogP contribution is -2.51. The standard InChI is InChI=1S/C24H38ClN3O4S/c1-4-6-15-26(5-2)21-14-16-27(17-21)24(29)32-18-22-9-7-8-19(3)28(22)33(30,31)23-12-10-20(25)11-13-23/h10-13,19,21-22H,4-9,14-18H2,1-3H3/t19-,21?,22-/m1/s1. The molecule has 33 heavy (non-hydrogen) atoms. The maximum Gasteiger partial charge on any atom is 0.409 e. The third-order valence-electron chi connectivity index (χ3n) is 6.88. The van der Waals surface area contributed by atoms with Gasteiger partial charge in [-0.3, -0.25) is 4.90 Å². The SMILES string of the molecule is CCCCN(CC)C1CCN(C(=O)OC[C@H]2CCC[C@@H](C)N2S(=O)(=O)c2ccc(Cl)cc2)C1. The number of sulfonamides is 1. The number of rotatable bonds is 9. The van der Waals surface area contributed by atoms with Gasteiger partial charge in [-0.1, -0.05) is 38.3 Å². The van der Waals surface area contributed by atoms with E-state index in [4.69, 9.17) is 16.3 Å². The maximum absolute atomic E-state index is 13.4. The quantitative estimate of drug-likeness (QED) is 0.496. The first kappa shape index (κ1) is 26.3. The zero-order chi connectivity index (χ0) is 24.0. The van der Waals surface area contributed by atoms with Crippen molar-refractivity contribution in [1.29, 1.82) is 0 Å². The summed E-state index contributed by atoms with van der Waals surface area (Å²) in [5.41, 5.74) is 0. The molecule has 2 fully saturated rings. The first-order chi connectivity index (χ1) is 15.8. The number of carbonyl (C=O) groups excluding carboxylic acids is 1. The molecular formula is C24H38ClN3O4S. The molecule has 0 N–H and O–H groups in total. The normalized spacial score (nSPS) is 24.4. The molecule has 1 amide bonds. The van der Waals surface area contributed by atoms with Crippen LogP contribution in [0.25, 0.3) is 0 Å². The first-order valence-electron chi connectivity index (χ1n) is 12.2. The first-order valence-corrected chi connectivity index (χ1v) is 14.0. The largest absolute Gasteiger partial charge is 0.448 e. The number of piperidine rings is 1. The van der Waals surface area contributed by atoms with Gasteiger partial charge in [0.1, 0.15) is 6.61 Å². The number of nitrogens with zero attached hydrogens (tertiary/aromatic N) is 3. The molecule has 0 aliphatic carbocycles. The monoisotopic (exact) mass is 499 g/mol. The van der Waals surface area contributed by atoms with Crippen molar-refractivity contribution in [2.45, 2.75) is 82.3 Å². The van der Waals surface area contributed by atoms with Gasteiger partial charge in [0.15, 0.2) is 0 Å². The predicted octanol–water partition coefficient (Wildman–Crippen LogP) is 4.60. The van der Waals surface area contributed by atoms with Gasteiger partial charge in [0.25, 0.3) is 0 Å². The van der Waals surface area contributed by atoms with Gasteiger partial charge in [-0.05, 0) is 70.0 Å². The average molecular weight is 500 g/mol. The number of amides is 1. The van der Waals surface area contributed by atoms with Crippen molar-refractivity contribution < 1.29 is 17.9 Å². The molecule has 2 aliphatic heterocycles. The Bertz CT molecular complexity index is 880. The molecule has 0 radical (unpaired) electrons. The van der Waals surface area contributed by atoms with Crippen molar-refractivity contribution in [3.8, 4) is 0 Å². The molecule has 0 bridgehead atoms. The highest BCUT2D eigenvalue weighted by Gasteiger charge is 2.39. The van der Waals surface area contributed by atoms with Crippen molar-refractivity contribution in [2.24, 2.45) is 0 Å². The number of likely N-dealkylation sites (tertiary alicyclic amines) is 1. The summed E-state index contributed by atoms with van der Waals surface area (Å²) in [6.45, 7) is 9.73. The van der Waals surface area contributed by atoms with Crippen molar-refractivity contribution >= 4 is 27.7 Å². The third-order valence-corrected chi connectivity index (χ3v) is 9.22. The Morgan fingerprint density at radius 1 is 1.18 bits per heavy atom.